The fourth-order valence-electron chi connectivity index (χ4n) is 3.28. The largest absolute Gasteiger partial charge is 0.497 e. The van der Waals surface area contributed by atoms with E-state index in [1.165, 1.54) is 11.3 Å². The van der Waals surface area contributed by atoms with Gasteiger partial charge in [-0.3, -0.25) is 9.78 Å². The second-order valence-corrected chi connectivity index (χ2v) is 7.70. The van der Waals surface area contributed by atoms with E-state index in [9.17, 15) is 4.79 Å². The molecular weight excluding hydrogens is 412 g/mol. The van der Waals surface area contributed by atoms with Crippen molar-refractivity contribution in [3.05, 3.63) is 59.1 Å². The summed E-state index contributed by atoms with van der Waals surface area (Å²) in [7, 11) is 5.01. The first-order chi connectivity index (χ1) is 15.0. The van der Waals surface area contributed by atoms with Gasteiger partial charge in [-0.15, -0.1) is 11.3 Å². The Labute approximate surface area is 184 Å². The molecule has 0 radical (unpaired) electrons. The third-order valence-corrected chi connectivity index (χ3v) is 5.78. The number of aryl methyl sites for hydroxylation is 1. The lowest BCUT2D eigenvalue weighted by molar-refractivity contribution is 0.102. The lowest BCUT2D eigenvalue weighted by Gasteiger charge is -2.13. The van der Waals surface area contributed by atoms with Crippen molar-refractivity contribution in [2.24, 2.45) is 0 Å². The number of hydrogen-bond donors (Lipinski definition) is 2. The smallest absolute Gasteiger partial charge is 0.257 e. The third-order valence-electron chi connectivity index (χ3n) is 4.92. The van der Waals surface area contributed by atoms with Crippen molar-refractivity contribution in [2.75, 3.05) is 31.9 Å². The Morgan fingerprint density at radius 2 is 1.87 bits per heavy atom. The first-order valence-electron chi connectivity index (χ1n) is 9.61. The highest BCUT2D eigenvalue weighted by molar-refractivity contribution is 7.14. The van der Waals surface area contributed by atoms with Gasteiger partial charge in [0.15, 0.2) is 5.13 Å². The number of rotatable bonds is 6. The number of ether oxygens (including phenoxy) is 2. The molecule has 8 heteroatoms. The summed E-state index contributed by atoms with van der Waals surface area (Å²) in [6, 6.07) is 13.0. The van der Waals surface area contributed by atoms with Gasteiger partial charge >= 0.3 is 0 Å². The number of fused-ring (bicyclic) bond motifs is 1. The maximum Gasteiger partial charge on any atom is 0.257 e. The van der Waals surface area contributed by atoms with Gasteiger partial charge in [-0.2, -0.15) is 0 Å². The van der Waals surface area contributed by atoms with E-state index in [4.69, 9.17) is 9.47 Å². The third kappa shape index (κ3) is 4.15. The topological polar surface area (TPSA) is 85.4 Å². The normalized spacial score (nSPS) is 10.7. The molecule has 0 atom stereocenters. The lowest BCUT2D eigenvalue weighted by Crippen LogP contribution is -2.15. The molecule has 2 N–H and O–H groups in total. The molecule has 0 fully saturated rings. The van der Waals surface area contributed by atoms with Gasteiger partial charge in [0.05, 0.1) is 42.4 Å². The Kier molecular flexibility index (Phi) is 5.73. The number of anilines is 2. The van der Waals surface area contributed by atoms with Gasteiger partial charge in [-0.1, -0.05) is 0 Å². The number of nitrogens with zero attached hydrogens (tertiary/aromatic N) is 2. The molecule has 0 aliphatic heterocycles. The van der Waals surface area contributed by atoms with Crippen LogP contribution >= 0.6 is 11.3 Å². The van der Waals surface area contributed by atoms with Gasteiger partial charge in [0.25, 0.3) is 5.91 Å². The lowest BCUT2D eigenvalue weighted by atomic mass is 10.1. The van der Waals surface area contributed by atoms with Crippen molar-refractivity contribution in [3.63, 3.8) is 0 Å². The minimum atomic E-state index is -0.264. The predicted molar refractivity (Wildman–Crippen MR) is 125 cm³/mol. The van der Waals surface area contributed by atoms with Gasteiger partial charge < -0.3 is 20.1 Å². The summed E-state index contributed by atoms with van der Waals surface area (Å²) in [6.07, 6.45) is 0. The summed E-state index contributed by atoms with van der Waals surface area (Å²) >= 11 is 1.52. The van der Waals surface area contributed by atoms with Gasteiger partial charge in [0.1, 0.15) is 11.5 Å². The molecule has 0 saturated carbocycles. The minimum Gasteiger partial charge on any atom is -0.497 e. The van der Waals surface area contributed by atoms with E-state index in [-0.39, 0.29) is 5.91 Å². The zero-order valence-electron chi connectivity index (χ0n) is 17.6. The predicted octanol–water partition coefficient (Wildman–Crippen LogP) is 4.98. The number of amides is 1. The molecule has 0 bridgehead atoms. The Morgan fingerprint density at radius 3 is 2.58 bits per heavy atom. The SMILES string of the molecule is CNc1nc(-c2ccc(OC)c(NC(=O)c3cc4cc(OC)ccc4nc3C)c2)cs1. The van der Waals surface area contributed by atoms with Crippen LogP contribution in [0, 0.1) is 6.92 Å². The van der Waals surface area contributed by atoms with Crippen LogP contribution in [0.25, 0.3) is 22.2 Å². The maximum absolute atomic E-state index is 13.1. The van der Waals surface area contributed by atoms with E-state index in [1.54, 1.807) is 14.2 Å². The Bertz CT molecular complexity index is 1270. The molecule has 0 aliphatic carbocycles. The van der Waals surface area contributed by atoms with Crippen LogP contribution in [0.15, 0.2) is 47.8 Å². The maximum atomic E-state index is 13.1. The van der Waals surface area contributed by atoms with Crippen LogP contribution in [0.2, 0.25) is 0 Å². The molecule has 0 spiro atoms. The van der Waals surface area contributed by atoms with Crippen molar-refractivity contribution >= 4 is 39.0 Å². The quantitative estimate of drug-likeness (QED) is 0.445. The monoisotopic (exact) mass is 434 g/mol. The van der Waals surface area contributed by atoms with E-state index in [1.807, 2.05) is 61.8 Å². The number of benzene rings is 2. The second kappa shape index (κ2) is 8.61. The van der Waals surface area contributed by atoms with E-state index >= 15 is 0 Å². The van der Waals surface area contributed by atoms with Crippen LogP contribution in [-0.2, 0) is 0 Å². The van der Waals surface area contributed by atoms with Gasteiger partial charge in [-0.25, -0.2) is 4.98 Å². The summed E-state index contributed by atoms with van der Waals surface area (Å²) in [5.41, 5.74) is 4.20. The summed E-state index contributed by atoms with van der Waals surface area (Å²) in [4.78, 5) is 22.2. The van der Waals surface area contributed by atoms with E-state index < -0.39 is 0 Å². The number of nitrogens with one attached hydrogen (secondary N) is 2. The number of carbonyl (C=O) groups excluding carboxylic acids is 1. The van der Waals surface area contributed by atoms with Gasteiger partial charge in [0.2, 0.25) is 0 Å². The molecule has 2 aromatic heterocycles. The zero-order valence-corrected chi connectivity index (χ0v) is 18.5. The van der Waals surface area contributed by atoms with Crippen molar-refractivity contribution in [2.45, 2.75) is 6.92 Å². The second-order valence-electron chi connectivity index (χ2n) is 6.84. The average molecular weight is 435 g/mol. The Balaban J connectivity index is 1.68. The molecule has 0 saturated heterocycles. The number of carbonyl (C=O) groups is 1. The molecule has 2 heterocycles. The highest BCUT2D eigenvalue weighted by atomic mass is 32.1. The summed E-state index contributed by atoms with van der Waals surface area (Å²) in [5, 5.41) is 9.62. The van der Waals surface area contributed by atoms with Crippen LogP contribution in [0.4, 0.5) is 10.8 Å². The number of hydrogen-bond acceptors (Lipinski definition) is 7. The molecule has 31 heavy (non-hydrogen) atoms. The van der Waals surface area contributed by atoms with E-state index in [0.29, 0.717) is 28.4 Å². The van der Waals surface area contributed by atoms with E-state index in [0.717, 1.165) is 27.3 Å². The molecule has 2 aromatic carbocycles. The molecule has 1 amide bonds. The number of methoxy groups -OCH3 is 2. The van der Waals surface area contributed by atoms with Crippen LogP contribution in [0.1, 0.15) is 16.1 Å². The van der Waals surface area contributed by atoms with Crippen molar-refractivity contribution in [3.8, 4) is 22.8 Å². The first-order valence-corrected chi connectivity index (χ1v) is 10.5. The Hall–Kier alpha value is -3.65. The van der Waals surface area contributed by atoms with E-state index in [2.05, 4.69) is 20.6 Å². The van der Waals surface area contributed by atoms with Crippen molar-refractivity contribution in [1.82, 2.24) is 9.97 Å². The molecule has 0 aliphatic rings. The fraction of sp³-hybridized carbons (Fsp3) is 0.174. The highest BCUT2D eigenvalue weighted by Gasteiger charge is 2.16. The van der Waals surface area contributed by atoms with Crippen LogP contribution < -0.4 is 20.1 Å². The Morgan fingerprint density at radius 1 is 1.03 bits per heavy atom. The molecular formula is C23H22N4O3S. The highest BCUT2D eigenvalue weighted by Crippen LogP contribution is 2.33. The van der Waals surface area contributed by atoms with Gasteiger partial charge in [-0.05, 0) is 49.4 Å². The van der Waals surface area contributed by atoms with Crippen LogP contribution in [0.5, 0.6) is 11.5 Å². The summed E-state index contributed by atoms with van der Waals surface area (Å²) in [6.45, 7) is 1.82. The number of aromatic nitrogens is 2. The first kappa shape index (κ1) is 20.6. The number of pyridine rings is 1. The molecule has 158 valence electrons. The molecule has 7 nitrogen and oxygen atoms in total. The van der Waals surface area contributed by atoms with Crippen LogP contribution in [0.3, 0.4) is 0 Å². The van der Waals surface area contributed by atoms with Crippen molar-refractivity contribution in [1.29, 1.82) is 0 Å². The fourth-order valence-corrected chi connectivity index (χ4v) is 3.96. The average Bonchev–Trinajstić information content (AvgIpc) is 3.27. The molecule has 0 unspecified atom stereocenters. The standard InChI is InChI=1S/C23H22N4O3S/c1-13-17(10-15-9-16(29-3)6-7-18(15)25-13)22(28)26-19-11-14(5-8-21(19)30-4)20-12-31-23(24-2)27-20/h5-12H,1-4H3,(H,24,27)(H,26,28). The molecule has 4 aromatic rings. The van der Waals surface area contributed by atoms with Crippen molar-refractivity contribution < 1.29 is 14.3 Å². The minimum absolute atomic E-state index is 0.264. The van der Waals surface area contributed by atoms with Crippen LogP contribution in [-0.4, -0.2) is 37.1 Å². The molecule has 4 rings (SSSR count). The summed E-state index contributed by atoms with van der Waals surface area (Å²) < 4.78 is 10.7. The summed E-state index contributed by atoms with van der Waals surface area (Å²) in [5.74, 6) is 1.01. The number of thiazole rings is 1. The van der Waals surface area contributed by atoms with Gasteiger partial charge in [0, 0.05) is 23.4 Å². The zero-order chi connectivity index (χ0) is 22.0.